The summed E-state index contributed by atoms with van der Waals surface area (Å²) >= 11 is 1.46. The van der Waals surface area contributed by atoms with Crippen molar-refractivity contribution in [2.75, 3.05) is 0 Å². The minimum atomic E-state index is 0.554. The first kappa shape index (κ1) is 11.8. The van der Waals surface area contributed by atoms with E-state index in [0.29, 0.717) is 22.6 Å². The van der Waals surface area contributed by atoms with Crippen molar-refractivity contribution < 1.29 is 4.52 Å². The second-order valence-corrected chi connectivity index (χ2v) is 4.67. The molecule has 0 bridgehead atoms. The van der Waals surface area contributed by atoms with Gasteiger partial charge in [0, 0.05) is 6.92 Å². The number of benzene rings is 1. The largest absolute Gasteiger partial charge is 0.340 e. The Morgan fingerprint density at radius 2 is 2.11 bits per heavy atom. The molecular formula is C11H10N6OS. The summed E-state index contributed by atoms with van der Waals surface area (Å²) in [6.45, 7) is 1.76. The predicted molar refractivity (Wildman–Crippen MR) is 67.8 cm³/mol. The Labute approximate surface area is 113 Å². The molecule has 0 fully saturated rings. The smallest absolute Gasteiger partial charge is 0.223 e. The zero-order valence-corrected chi connectivity index (χ0v) is 10.9. The van der Waals surface area contributed by atoms with E-state index in [-0.39, 0.29) is 0 Å². The number of thioether (sulfide) groups is 1. The molecule has 0 atom stereocenters. The van der Waals surface area contributed by atoms with Crippen molar-refractivity contribution in [2.24, 2.45) is 0 Å². The van der Waals surface area contributed by atoms with E-state index in [1.807, 2.05) is 30.3 Å². The minimum absolute atomic E-state index is 0.554. The van der Waals surface area contributed by atoms with Crippen LogP contribution >= 0.6 is 11.8 Å². The molecule has 3 aromatic rings. The van der Waals surface area contributed by atoms with Crippen LogP contribution in [-0.2, 0) is 5.75 Å². The van der Waals surface area contributed by atoms with Gasteiger partial charge in [-0.25, -0.2) is 0 Å². The molecule has 0 spiro atoms. The molecule has 0 amide bonds. The molecule has 0 N–H and O–H groups in total. The van der Waals surface area contributed by atoms with Crippen LogP contribution < -0.4 is 0 Å². The minimum Gasteiger partial charge on any atom is -0.340 e. The summed E-state index contributed by atoms with van der Waals surface area (Å²) in [7, 11) is 0. The molecule has 0 saturated heterocycles. The van der Waals surface area contributed by atoms with Gasteiger partial charge in [0.1, 0.15) is 0 Å². The van der Waals surface area contributed by atoms with Gasteiger partial charge in [-0.1, -0.05) is 35.1 Å². The van der Waals surface area contributed by atoms with Gasteiger partial charge in [-0.05, 0) is 22.6 Å². The Kier molecular flexibility index (Phi) is 3.23. The van der Waals surface area contributed by atoms with Crippen molar-refractivity contribution in [3.8, 4) is 5.69 Å². The summed E-state index contributed by atoms with van der Waals surface area (Å²) in [6.07, 6.45) is 0. The maximum Gasteiger partial charge on any atom is 0.223 e. The lowest BCUT2D eigenvalue weighted by Gasteiger charge is -2.02. The zero-order chi connectivity index (χ0) is 13.1. The summed E-state index contributed by atoms with van der Waals surface area (Å²) in [4.78, 5) is 4.14. The van der Waals surface area contributed by atoms with E-state index in [1.165, 1.54) is 11.8 Å². The molecule has 0 radical (unpaired) electrons. The van der Waals surface area contributed by atoms with E-state index in [4.69, 9.17) is 4.52 Å². The van der Waals surface area contributed by atoms with E-state index in [2.05, 4.69) is 25.7 Å². The summed E-state index contributed by atoms with van der Waals surface area (Å²) in [6, 6.07) is 9.71. The van der Waals surface area contributed by atoms with Crippen LogP contribution in [0.4, 0.5) is 0 Å². The Balaban J connectivity index is 1.77. The van der Waals surface area contributed by atoms with Gasteiger partial charge in [-0.15, -0.1) is 5.10 Å². The van der Waals surface area contributed by atoms with E-state index < -0.39 is 0 Å². The lowest BCUT2D eigenvalue weighted by atomic mass is 10.3. The van der Waals surface area contributed by atoms with E-state index in [9.17, 15) is 0 Å². The standard InChI is InChI=1S/C11H10N6OS/c1-8-12-10(14-18-8)7-19-11-13-15-16-17(11)9-5-3-2-4-6-9/h2-6H,7H2,1H3. The molecule has 2 heterocycles. The summed E-state index contributed by atoms with van der Waals surface area (Å²) in [5.74, 6) is 1.74. The fourth-order valence-electron chi connectivity index (χ4n) is 1.53. The van der Waals surface area contributed by atoms with Crippen LogP contribution in [0.15, 0.2) is 40.0 Å². The highest BCUT2D eigenvalue weighted by molar-refractivity contribution is 7.98. The fraction of sp³-hybridized carbons (Fsp3) is 0.182. The average molecular weight is 274 g/mol. The highest BCUT2D eigenvalue weighted by atomic mass is 32.2. The van der Waals surface area contributed by atoms with Crippen LogP contribution in [0.25, 0.3) is 5.69 Å². The topological polar surface area (TPSA) is 82.5 Å². The molecule has 0 aliphatic carbocycles. The average Bonchev–Trinajstić information content (AvgIpc) is 3.06. The molecule has 0 unspecified atom stereocenters. The number of tetrazole rings is 1. The van der Waals surface area contributed by atoms with E-state index in [0.717, 1.165) is 5.69 Å². The Hall–Kier alpha value is -2.22. The molecule has 0 aliphatic rings. The molecule has 8 heteroatoms. The fourth-order valence-corrected chi connectivity index (χ4v) is 2.26. The predicted octanol–water partition coefficient (Wildman–Crippen LogP) is 1.65. The van der Waals surface area contributed by atoms with Crippen LogP contribution in [-0.4, -0.2) is 30.3 Å². The third-order valence-corrected chi connectivity index (χ3v) is 3.26. The number of nitrogens with zero attached hydrogens (tertiary/aromatic N) is 6. The third-order valence-electron chi connectivity index (χ3n) is 2.34. The number of hydrogen-bond acceptors (Lipinski definition) is 7. The molecule has 0 saturated carbocycles. The van der Waals surface area contributed by atoms with E-state index in [1.54, 1.807) is 11.6 Å². The number of aromatic nitrogens is 6. The van der Waals surface area contributed by atoms with E-state index >= 15 is 0 Å². The second kappa shape index (κ2) is 5.19. The molecular weight excluding hydrogens is 264 g/mol. The number of rotatable bonds is 4. The molecule has 0 aliphatic heterocycles. The Bertz CT molecular complexity index is 665. The van der Waals surface area contributed by atoms with Crippen molar-refractivity contribution in [2.45, 2.75) is 17.8 Å². The van der Waals surface area contributed by atoms with Gasteiger partial charge in [0.05, 0.1) is 11.4 Å². The summed E-state index contributed by atoms with van der Waals surface area (Å²) in [5, 5.41) is 16.2. The first-order valence-corrected chi connectivity index (χ1v) is 6.57. The van der Waals surface area contributed by atoms with Crippen molar-refractivity contribution in [3.63, 3.8) is 0 Å². The van der Waals surface area contributed by atoms with Crippen molar-refractivity contribution in [3.05, 3.63) is 42.0 Å². The Morgan fingerprint density at radius 3 is 2.84 bits per heavy atom. The van der Waals surface area contributed by atoms with Gasteiger partial charge < -0.3 is 4.52 Å². The molecule has 3 rings (SSSR count). The highest BCUT2D eigenvalue weighted by Gasteiger charge is 2.10. The molecule has 1 aromatic carbocycles. The number of aryl methyl sites for hydroxylation is 1. The summed E-state index contributed by atoms with van der Waals surface area (Å²) < 4.78 is 6.59. The van der Waals surface area contributed by atoms with Crippen molar-refractivity contribution >= 4 is 11.8 Å². The van der Waals surface area contributed by atoms with Gasteiger partial charge in [-0.3, -0.25) is 0 Å². The highest BCUT2D eigenvalue weighted by Crippen LogP contribution is 2.20. The van der Waals surface area contributed by atoms with Crippen LogP contribution in [0.3, 0.4) is 0 Å². The van der Waals surface area contributed by atoms with Gasteiger partial charge in [-0.2, -0.15) is 9.67 Å². The first-order chi connectivity index (χ1) is 9.33. The lowest BCUT2D eigenvalue weighted by molar-refractivity contribution is 0.389. The zero-order valence-electron chi connectivity index (χ0n) is 10.1. The quantitative estimate of drug-likeness (QED) is 0.669. The van der Waals surface area contributed by atoms with Crippen molar-refractivity contribution in [1.82, 2.24) is 30.3 Å². The van der Waals surface area contributed by atoms with Gasteiger partial charge >= 0.3 is 0 Å². The van der Waals surface area contributed by atoms with Crippen LogP contribution in [0.1, 0.15) is 11.7 Å². The third kappa shape index (κ3) is 2.63. The van der Waals surface area contributed by atoms with Gasteiger partial charge in [0.25, 0.3) is 0 Å². The van der Waals surface area contributed by atoms with Crippen LogP contribution in [0.2, 0.25) is 0 Å². The van der Waals surface area contributed by atoms with Crippen LogP contribution in [0, 0.1) is 6.92 Å². The molecule has 2 aromatic heterocycles. The first-order valence-electron chi connectivity index (χ1n) is 5.59. The van der Waals surface area contributed by atoms with Gasteiger partial charge in [0.2, 0.25) is 11.0 Å². The molecule has 96 valence electrons. The molecule has 7 nitrogen and oxygen atoms in total. The van der Waals surface area contributed by atoms with Gasteiger partial charge in [0.15, 0.2) is 5.82 Å². The normalized spacial score (nSPS) is 10.8. The monoisotopic (exact) mass is 274 g/mol. The molecule has 19 heavy (non-hydrogen) atoms. The maximum absolute atomic E-state index is 4.92. The second-order valence-electron chi connectivity index (χ2n) is 3.73. The van der Waals surface area contributed by atoms with Crippen LogP contribution in [0.5, 0.6) is 0 Å². The van der Waals surface area contributed by atoms with Crippen molar-refractivity contribution in [1.29, 1.82) is 0 Å². The SMILES string of the molecule is Cc1nc(CSc2nnnn2-c2ccccc2)no1. The summed E-state index contributed by atoms with van der Waals surface area (Å²) in [5.41, 5.74) is 0.916. The number of para-hydroxylation sites is 1. The maximum atomic E-state index is 4.92. The number of hydrogen-bond donors (Lipinski definition) is 0. The lowest BCUT2D eigenvalue weighted by Crippen LogP contribution is -1.98. The Morgan fingerprint density at radius 1 is 1.26 bits per heavy atom.